The fourth-order valence-electron chi connectivity index (χ4n) is 1.33. The van der Waals surface area contributed by atoms with Crippen LogP contribution in [0.4, 0.5) is 5.69 Å². The lowest BCUT2D eigenvalue weighted by Gasteiger charge is -2.24. The molecule has 0 N–H and O–H groups in total. The van der Waals surface area contributed by atoms with Crippen LogP contribution in [0.3, 0.4) is 0 Å². The second-order valence-corrected chi connectivity index (χ2v) is 3.64. The number of benzene rings is 1. The summed E-state index contributed by atoms with van der Waals surface area (Å²) in [4.78, 5) is 15.2. The van der Waals surface area contributed by atoms with E-state index in [1.54, 1.807) is 19.0 Å². The van der Waals surface area contributed by atoms with Crippen LogP contribution in [0.15, 0.2) is 30.3 Å². The summed E-state index contributed by atoms with van der Waals surface area (Å²) in [5.41, 5.74) is 1.09. The Morgan fingerprint density at radius 2 is 1.80 bits per heavy atom. The van der Waals surface area contributed by atoms with Crippen LogP contribution in [0.1, 0.15) is 6.92 Å². The van der Waals surface area contributed by atoms with Crippen LogP contribution in [0.5, 0.6) is 0 Å². The van der Waals surface area contributed by atoms with Gasteiger partial charge in [-0.15, -0.1) is 0 Å². The Balaban J connectivity index is 2.69. The molecule has 3 heteroatoms. The minimum Gasteiger partial charge on any atom is -0.362 e. The number of anilines is 1. The molecule has 0 saturated heterocycles. The average molecular weight is 206 g/mol. The Hall–Kier alpha value is -1.51. The molecule has 0 aliphatic carbocycles. The zero-order chi connectivity index (χ0) is 11.3. The van der Waals surface area contributed by atoms with Crippen LogP contribution in [-0.2, 0) is 4.79 Å². The Morgan fingerprint density at radius 1 is 1.20 bits per heavy atom. The van der Waals surface area contributed by atoms with E-state index >= 15 is 0 Å². The van der Waals surface area contributed by atoms with Crippen molar-refractivity contribution < 1.29 is 4.79 Å². The highest BCUT2D eigenvalue weighted by Gasteiger charge is 2.10. The number of nitrogens with zero attached hydrogens (tertiary/aromatic N) is 2. The fraction of sp³-hybridized carbons (Fsp3) is 0.417. The van der Waals surface area contributed by atoms with E-state index in [4.69, 9.17) is 0 Å². The summed E-state index contributed by atoms with van der Waals surface area (Å²) in [5.74, 6) is 0.126. The molecule has 82 valence electrons. The average Bonchev–Trinajstić information content (AvgIpc) is 2.26. The lowest BCUT2D eigenvalue weighted by molar-refractivity contribution is -0.127. The molecular weight excluding hydrogens is 188 g/mol. The van der Waals surface area contributed by atoms with Crippen molar-refractivity contribution in [1.29, 1.82) is 0 Å². The maximum absolute atomic E-state index is 11.6. The van der Waals surface area contributed by atoms with Crippen LogP contribution >= 0.6 is 0 Å². The molecule has 1 aromatic rings. The molecule has 0 fully saturated rings. The summed E-state index contributed by atoms with van der Waals surface area (Å²) in [5, 5.41) is 0. The predicted molar refractivity (Wildman–Crippen MR) is 63.0 cm³/mol. The van der Waals surface area contributed by atoms with Crippen molar-refractivity contribution >= 4 is 11.6 Å². The fourth-order valence-corrected chi connectivity index (χ4v) is 1.33. The van der Waals surface area contributed by atoms with Crippen molar-refractivity contribution in [2.75, 3.05) is 32.1 Å². The molecule has 1 rings (SSSR count). The molecule has 15 heavy (non-hydrogen) atoms. The van der Waals surface area contributed by atoms with E-state index in [9.17, 15) is 4.79 Å². The topological polar surface area (TPSA) is 23.6 Å². The van der Waals surface area contributed by atoms with Crippen molar-refractivity contribution in [3.05, 3.63) is 30.3 Å². The van der Waals surface area contributed by atoms with Crippen molar-refractivity contribution in [3.63, 3.8) is 0 Å². The van der Waals surface area contributed by atoms with Gasteiger partial charge in [-0.05, 0) is 19.1 Å². The van der Waals surface area contributed by atoms with Crippen LogP contribution in [-0.4, -0.2) is 38.0 Å². The number of hydrogen-bond donors (Lipinski definition) is 0. The van der Waals surface area contributed by atoms with Gasteiger partial charge in [-0.25, -0.2) is 0 Å². The Labute approximate surface area is 91.3 Å². The van der Waals surface area contributed by atoms with Gasteiger partial charge in [0.15, 0.2) is 0 Å². The summed E-state index contributed by atoms with van der Waals surface area (Å²) in [7, 11) is 3.56. The second-order valence-electron chi connectivity index (χ2n) is 3.64. The van der Waals surface area contributed by atoms with Gasteiger partial charge in [0.2, 0.25) is 5.91 Å². The number of carbonyl (C=O) groups is 1. The van der Waals surface area contributed by atoms with Gasteiger partial charge in [-0.1, -0.05) is 18.2 Å². The van der Waals surface area contributed by atoms with E-state index in [0.29, 0.717) is 6.54 Å². The minimum absolute atomic E-state index is 0.126. The maximum atomic E-state index is 11.6. The normalized spacial score (nSPS) is 9.80. The zero-order valence-corrected chi connectivity index (χ0v) is 9.60. The predicted octanol–water partition coefficient (Wildman–Crippen LogP) is 1.60. The van der Waals surface area contributed by atoms with Crippen molar-refractivity contribution in [2.45, 2.75) is 6.92 Å². The lowest BCUT2D eigenvalue weighted by atomic mass is 10.3. The molecule has 3 nitrogen and oxygen atoms in total. The van der Waals surface area contributed by atoms with E-state index in [1.165, 1.54) is 0 Å². The van der Waals surface area contributed by atoms with E-state index in [0.717, 1.165) is 12.2 Å². The molecule has 0 heterocycles. The minimum atomic E-state index is 0.126. The van der Waals surface area contributed by atoms with E-state index < -0.39 is 0 Å². The molecule has 0 aromatic heterocycles. The summed E-state index contributed by atoms with van der Waals surface area (Å²) in [6.07, 6.45) is 0. The number of carbonyl (C=O) groups excluding carboxylic acids is 1. The molecule has 0 unspecified atom stereocenters. The molecule has 0 saturated carbocycles. The van der Waals surface area contributed by atoms with Crippen LogP contribution < -0.4 is 4.90 Å². The van der Waals surface area contributed by atoms with Gasteiger partial charge in [0.05, 0.1) is 6.54 Å². The van der Waals surface area contributed by atoms with Crippen LogP contribution in [0.25, 0.3) is 0 Å². The largest absolute Gasteiger partial charge is 0.362 e. The van der Waals surface area contributed by atoms with E-state index in [2.05, 4.69) is 11.8 Å². The maximum Gasteiger partial charge on any atom is 0.241 e. The van der Waals surface area contributed by atoms with Crippen molar-refractivity contribution in [3.8, 4) is 0 Å². The summed E-state index contributed by atoms with van der Waals surface area (Å²) < 4.78 is 0. The first-order valence-electron chi connectivity index (χ1n) is 5.15. The third kappa shape index (κ3) is 3.27. The van der Waals surface area contributed by atoms with Crippen LogP contribution in [0.2, 0.25) is 0 Å². The quantitative estimate of drug-likeness (QED) is 0.747. The molecule has 0 aliphatic heterocycles. The summed E-state index contributed by atoms with van der Waals surface area (Å²) in [6.45, 7) is 3.33. The monoisotopic (exact) mass is 206 g/mol. The second kappa shape index (κ2) is 5.39. The molecular formula is C12H18N2O. The number of para-hydroxylation sites is 1. The van der Waals surface area contributed by atoms with Gasteiger partial charge in [0, 0.05) is 26.3 Å². The Bertz CT molecular complexity index is 309. The molecule has 0 atom stereocenters. The van der Waals surface area contributed by atoms with Crippen molar-refractivity contribution in [2.24, 2.45) is 0 Å². The Morgan fingerprint density at radius 3 is 2.27 bits per heavy atom. The number of hydrogen-bond acceptors (Lipinski definition) is 2. The highest BCUT2D eigenvalue weighted by atomic mass is 16.2. The van der Waals surface area contributed by atoms with Gasteiger partial charge in [-0.3, -0.25) is 4.79 Å². The zero-order valence-electron chi connectivity index (χ0n) is 9.60. The van der Waals surface area contributed by atoms with Crippen molar-refractivity contribution in [1.82, 2.24) is 4.90 Å². The molecule has 0 aliphatic rings. The smallest absolute Gasteiger partial charge is 0.241 e. The molecule has 0 spiro atoms. The molecule has 0 bridgehead atoms. The first-order chi connectivity index (χ1) is 7.15. The molecule has 0 radical (unpaired) electrons. The van der Waals surface area contributed by atoms with Gasteiger partial charge in [-0.2, -0.15) is 0 Å². The Kier molecular flexibility index (Phi) is 4.16. The number of likely N-dealkylation sites (N-methyl/N-ethyl adjacent to an activating group) is 2. The third-order valence-corrected chi connectivity index (χ3v) is 2.33. The third-order valence-electron chi connectivity index (χ3n) is 2.33. The summed E-state index contributed by atoms with van der Waals surface area (Å²) in [6, 6.07) is 9.99. The lowest BCUT2D eigenvalue weighted by Crippen LogP contribution is -2.36. The van der Waals surface area contributed by atoms with Crippen LogP contribution in [0, 0.1) is 0 Å². The van der Waals surface area contributed by atoms with Gasteiger partial charge >= 0.3 is 0 Å². The van der Waals surface area contributed by atoms with Gasteiger partial charge in [0.25, 0.3) is 0 Å². The number of rotatable bonds is 4. The SMILES string of the molecule is CCN(CC(=O)N(C)C)c1ccccc1. The highest BCUT2D eigenvalue weighted by molar-refractivity contribution is 5.80. The van der Waals surface area contributed by atoms with Gasteiger partial charge in [0.1, 0.15) is 0 Å². The first-order valence-corrected chi connectivity index (χ1v) is 5.15. The van der Waals surface area contributed by atoms with E-state index in [1.807, 2.05) is 30.3 Å². The highest BCUT2D eigenvalue weighted by Crippen LogP contribution is 2.12. The standard InChI is InChI=1S/C12H18N2O/c1-4-14(10-12(15)13(2)3)11-8-6-5-7-9-11/h5-9H,4,10H2,1-3H3. The van der Waals surface area contributed by atoms with Gasteiger partial charge < -0.3 is 9.80 Å². The number of amides is 1. The van der Waals surface area contributed by atoms with E-state index in [-0.39, 0.29) is 5.91 Å². The molecule has 1 amide bonds. The first kappa shape index (κ1) is 11.6. The summed E-state index contributed by atoms with van der Waals surface area (Å²) >= 11 is 0. The molecule has 1 aromatic carbocycles.